The number of amides is 2. The Hall–Kier alpha value is -4.99. The molecular weight excluding hydrogens is 603 g/mol. The molecule has 9 heteroatoms. The lowest BCUT2D eigenvalue weighted by Crippen LogP contribution is -2.67. The Kier molecular flexibility index (Phi) is 9.11. The molecule has 1 aliphatic rings. The number of para-hydroxylation sites is 1. The van der Waals surface area contributed by atoms with Gasteiger partial charge in [-0.15, -0.1) is 0 Å². The summed E-state index contributed by atoms with van der Waals surface area (Å²) in [4.78, 5) is 27.6. The van der Waals surface area contributed by atoms with Crippen LogP contribution in [0.25, 0.3) is 0 Å². The van der Waals surface area contributed by atoms with E-state index in [0.29, 0.717) is 24.9 Å². The zero-order chi connectivity index (χ0) is 33.0. The second-order valence-corrected chi connectivity index (χ2v) is 17.1. The van der Waals surface area contributed by atoms with E-state index in [0.717, 1.165) is 22.7 Å². The van der Waals surface area contributed by atoms with Crippen LogP contribution in [0, 0.1) is 0 Å². The van der Waals surface area contributed by atoms with E-state index in [9.17, 15) is 4.79 Å². The molecule has 47 heavy (non-hydrogen) atoms. The van der Waals surface area contributed by atoms with Crippen molar-refractivity contribution in [1.82, 2.24) is 9.97 Å². The molecule has 0 saturated heterocycles. The maximum absolute atomic E-state index is 14.5. The molecule has 0 aliphatic carbocycles. The largest absolute Gasteiger partial charge is 0.497 e. The highest BCUT2D eigenvalue weighted by Crippen LogP contribution is 2.38. The minimum atomic E-state index is -2.85. The monoisotopic (exact) mass is 643 g/mol. The summed E-state index contributed by atoms with van der Waals surface area (Å²) in [5, 5.41) is 5.46. The topological polar surface area (TPSA) is 79.8 Å². The maximum Gasteiger partial charge on any atom is 0.330 e. The van der Waals surface area contributed by atoms with Crippen molar-refractivity contribution in [3.63, 3.8) is 0 Å². The number of methoxy groups -OCH3 is 1. The van der Waals surface area contributed by atoms with Gasteiger partial charge in [-0.05, 0) is 58.7 Å². The number of fused-ring (bicyclic) bond motifs is 1. The molecule has 8 nitrogen and oxygen atoms in total. The number of rotatable bonds is 10. The fourth-order valence-corrected chi connectivity index (χ4v) is 11.0. The van der Waals surface area contributed by atoms with E-state index in [1.54, 1.807) is 23.1 Å². The third-order valence-corrected chi connectivity index (χ3v) is 13.7. The molecule has 0 bridgehead atoms. The van der Waals surface area contributed by atoms with Gasteiger partial charge < -0.3 is 14.5 Å². The number of nitrogens with zero attached hydrogens (tertiary/aromatic N) is 4. The number of nitrogens with one attached hydrogen (secondary N) is 1. The summed E-state index contributed by atoms with van der Waals surface area (Å²) in [6.45, 7) is 9.44. The average Bonchev–Trinajstić information content (AvgIpc) is 3.09. The van der Waals surface area contributed by atoms with Crippen LogP contribution in [-0.2, 0) is 11.0 Å². The smallest absolute Gasteiger partial charge is 0.330 e. The summed E-state index contributed by atoms with van der Waals surface area (Å²) >= 11 is 0. The molecule has 4 aromatic carbocycles. The standard InChI is InChI=1S/C38H41N5O3Si/c1-28(27-46-47(38(2,3)4,33-17-11-7-12-18-33)34-19-13-8-14-20-34)43-35-29(25-39-36(41-35)40-30-15-9-6-10-16-30)26-42(37(43)44)31-21-23-32(45-5)24-22-31/h6-25,28H,26-27H2,1-5H3,(H,39,40,41)/t28-/m1/s1. The summed E-state index contributed by atoms with van der Waals surface area (Å²) in [6, 6.07) is 37.9. The van der Waals surface area contributed by atoms with E-state index in [2.05, 4.69) is 79.6 Å². The van der Waals surface area contributed by atoms with E-state index in [1.165, 1.54) is 10.4 Å². The number of benzene rings is 4. The Balaban J connectivity index is 1.40. The van der Waals surface area contributed by atoms with E-state index < -0.39 is 8.32 Å². The predicted molar refractivity (Wildman–Crippen MR) is 192 cm³/mol. The Morgan fingerprint density at radius 3 is 1.98 bits per heavy atom. The zero-order valence-electron chi connectivity index (χ0n) is 27.6. The van der Waals surface area contributed by atoms with Crippen molar-refractivity contribution in [1.29, 1.82) is 0 Å². The molecule has 240 valence electrons. The van der Waals surface area contributed by atoms with Gasteiger partial charge in [0.25, 0.3) is 8.32 Å². The van der Waals surface area contributed by atoms with Gasteiger partial charge in [0.05, 0.1) is 26.3 Å². The molecule has 0 fully saturated rings. The zero-order valence-corrected chi connectivity index (χ0v) is 28.6. The molecule has 2 heterocycles. The van der Waals surface area contributed by atoms with E-state index >= 15 is 0 Å². The van der Waals surface area contributed by atoms with Crippen LogP contribution in [0.5, 0.6) is 5.75 Å². The maximum atomic E-state index is 14.5. The van der Waals surface area contributed by atoms with Gasteiger partial charge in [0.2, 0.25) is 5.95 Å². The minimum Gasteiger partial charge on any atom is -0.497 e. The normalized spacial score (nSPS) is 14.0. The summed E-state index contributed by atoms with van der Waals surface area (Å²) in [5.74, 6) is 1.72. The summed E-state index contributed by atoms with van der Waals surface area (Å²) < 4.78 is 12.7. The predicted octanol–water partition coefficient (Wildman–Crippen LogP) is 7.14. The number of anilines is 4. The third-order valence-electron chi connectivity index (χ3n) is 8.65. The molecule has 6 rings (SSSR count). The molecule has 0 spiro atoms. The number of ether oxygens (including phenoxy) is 1. The van der Waals surface area contributed by atoms with Crippen molar-refractivity contribution in [2.45, 2.75) is 45.3 Å². The highest BCUT2D eigenvalue weighted by atomic mass is 28.4. The number of urea groups is 1. The van der Waals surface area contributed by atoms with Crippen LogP contribution >= 0.6 is 0 Å². The number of aromatic nitrogens is 2. The molecule has 1 atom stereocenters. The van der Waals surface area contributed by atoms with Crippen LogP contribution in [0.4, 0.5) is 27.9 Å². The van der Waals surface area contributed by atoms with Crippen LogP contribution in [0.1, 0.15) is 33.3 Å². The van der Waals surface area contributed by atoms with Gasteiger partial charge >= 0.3 is 6.03 Å². The summed E-state index contributed by atoms with van der Waals surface area (Å²) in [7, 11) is -1.22. The molecule has 0 unspecified atom stereocenters. The van der Waals surface area contributed by atoms with Crippen LogP contribution in [-0.4, -0.2) is 44.1 Å². The highest BCUT2D eigenvalue weighted by molar-refractivity contribution is 6.99. The molecule has 1 N–H and O–H groups in total. The van der Waals surface area contributed by atoms with Gasteiger partial charge in [-0.25, -0.2) is 9.78 Å². The van der Waals surface area contributed by atoms with Crippen LogP contribution in [0.2, 0.25) is 5.04 Å². The number of carbonyl (C=O) groups excluding carboxylic acids is 1. The van der Waals surface area contributed by atoms with Crippen LogP contribution < -0.4 is 30.2 Å². The second kappa shape index (κ2) is 13.4. The quantitative estimate of drug-likeness (QED) is 0.163. The van der Waals surface area contributed by atoms with Crippen LogP contribution in [0.15, 0.2) is 121 Å². The van der Waals surface area contributed by atoms with Gasteiger partial charge in [-0.3, -0.25) is 9.80 Å². The average molecular weight is 644 g/mol. The fraction of sp³-hybridized carbons (Fsp3) is 0.237. The van der Waals surface area contributed by atoms with E-state index in [-0.39, 0.29) is 17.1 Å². The van der Waals surface area contributed by atoms with Gasteiger partial charge in [-0.1, -0.05) is 99.6 Å². The van der Waals surface area contributed by atoms with Crippen molar-refractivity contribution in [2.24, 2.45) is 0 Å². The Morgan fingerprint density at radius 1 is 0.851 bits per heavy atom. The highest BCUT2D eigenvalue weighted by Gasteiger charge is 2.50. The lowest BCUT2D eigenvalue weighted by molar-refractivity contribution is 0.237. The SMILES string of the molecule is COc1ccc(N2Cc3cnc(Nc4ccccc4)nc3N([C@H](C)CO[Si](c3ccccc3)(c3ccccc3)C(C)(C)C)C2=O)cc1. The van der Waals surface area contributed by atoms with Crippen molar-refractivity contribution in [3.05, 3.63) is 127 Å². The molecule has 0 radical (unpaired) electrons. The molecule has 0 saturated carbocycles. The number of hydrogen-bond donors (Lipinski definition) is 1. The van der Waals surface area contributed by atoms with Gasteiger partial charge in [0.1, 0.15) is 11.6 Å². The third kappa shape index (κ3) is 6.37. The molecular formula is C38H41N5O3Si. The first-order chi connectivity index (χ1) is 22.7. The van der Waals surface area contributed by atoms with Gasteiger partial charge in [0.15, 0.2) is 0 Å². The van der Waals surface area contributed by atoms with Gasteiger partial charge in [0, 0.05) is 23.1 Å². The summed E-state index contributed by atoms with van der Waals surface area (Å²) in [5.41, 5.74) is 2.47. The summed E-state index contributed by atoms with van der Waals surface area (Å²) in [6.07, 6.45) is 1.80. The van der Waals surface area contributed by atoms with Crippen LogP contribution in [0.3, 0.4) is 0 Å². The molecule has 5 aromatic rings. The number of hydrogen-bond acceptors (Lipinski definition) is 6. The van der Waals surface area contributed by atoms with E-state index in [1.807, 2.05) is 73.7 Å². The first-order valence-corrected chi connectivity index (χ1v) is 17.8. The van der Waals surface area contributed by atoms with Crippen molar-refractivity contribution >= 4 is 47.9 Å². The van der Waals surface area contributed by atoms with Crippen molar-refractivity contribution < 1.29 is 14.0 Å². The molecule has 1 aliphatic heterocycles. The van der Waals surface area contributed by atoms with Gasteiger partial charge in [-0.2, -0.15) is 4.98 Å². The fourth-order valence-electron chi connectivity index (χ4n) is 6.33. The molecule has 1 aromatic heterocycles. The number of carbonyl (C=O) groups is 1. The lowest BCUT2D eigenvalue weighted by atomic mass is 10.1. The Labute approximate surface area is 278 Å². The lowest BCUT2D eigenvalue weighted by Gasteiger charge is -2.45. The first kappa shape index (κ1) is 32.0. The van der Waals surface area contributed by atoms with E-state index in [4.69, 9.17) is 14.1 Å². The second-order valence-electron chi connectivity index (χ2n) is 12.8. The van der Waals surface area contributed by atoms with Crippen molar-refractivity contribution in [3.8, 4) is 5.75 Å². The first-order valence-electron chi connectivity index (χ1n) is 15.9. The Morgan fingerprint density at radius 2 is 1.43 bits per heavy atom. The molecule has 2 amide bonds. The Bertz CT molecular complexity index is 1760. The van der Waals surface area contributed by atoms with Crippen molar-refractivity contribution in [2.75, 3.05) is 28.8 Å². The minimum absolute atomic E-state index is 0.175.